The van der Waals surface area contributed by atoms with Crippen molar-refractivity contribution in [2.75, 3.05) is 13.2 Å². The second-order valence-electron chi connectivity index (χ2n) is 9.22. The number of alkyl halides is 5. The van der Waals surface area contributed by atoms with Crippen molar-refractivity contribution in [3.63, 3.8) is 0 Å². The van der Waals surface area contributed by atoms with Crippen molar-refractivity contribution in [3.8, 4) is 0 Å². The second kappa shape index (κ2) is 15.5. The SMILES string of the molecule is CCCCCCCCCCCCCO[Si](OCC(F)(F)C(F)(F)F)(c1ccccc1)c1ccccc1. The van der Waals surface area contributed by atoms with Gasteiger partial charge in [0.2, 0.25) is 0 Å². The molecule has 0 aliphatic carbocycles. The van der Waals surface area contributed by atoms with E-state index in [1.807, 2.05) is 0 Å². The van der Waals surface area contributed by atoms with Crippen LogP contribution >= 0.6 is 0 Å². The Kier molecular flexibility index (Phi) is 13.1. The van der Waals surface area contributed by atoms with Gasteiger partial charge in [0.15, 0.2) is 0 Å². The van der Waals surface area contributed by atoms with E-state index in [0.717, 1.165) is 19.3 Å². The van der Waals surface area contributed by atoms with E-state index in [-0.39, 0.29) is 6.61 Å². The lowest BCUT2D eigenvalue weighted by atomic mass is 10.1. The number of hydrogen-bond acceptors (Lipinski definition) is 2. The summed E-state index contributed by atoms with van der Waals surface area (Å²) in [5, 5.41) is 0.995. The molecule has 2 nitrogen and oxygen atoms in total. The van der Waals surface area contributed by atoms with Gasteiger partial charge in [0, 0.05) is 6.61 Å². The van der Waals surface area contributed by atoms with Gasteiger partial charge in [-0.25, -0.2) is 0 Å². The Labute approximate surface area is 213 Å². The predicted octanol–water partition coefficient (Wildman–Crippen LogP) is 7.78. The molecule has 36 heavy (non-hydrogen) atoms. The summed E-state index contributed by atoms with van der Waals surface area (Å²) in [6.45, 7) is 0.648. The van der Waals surface area contributed by atoms with Gasteiger partial charge in [0.25, 0.3) is 0 Å². The third kappa shape index (κ3) is 9.60. The highest BCUT2D eigenvalue weighted by Gasteiger charge is 2.59. The molecule has 2 aromatic rings. The van der Waals surface area contributed by atoms with E-state index in [9.17, 15) is 22.0 Å². The third-order valence-corrected chi connectivity index (χ3v) is 9.58. The molecule has 0 heterocycles. The van der Waals surface area contributed by atoms with E-state index < -0.39 is 27.3 Å². The maximum absolute atomic E-state index is 13.9. The first-order valence-electron chi connectivity index (χ1n) is 13.1. The lowest BCUT2D eigenvalue weighted by Crippen LogP contribution is -2.65. The Morgan fingerprint density at radius 3 is 1.42 bits per heavy atom. The molecule has 0 N–H and O–H groups in total. The first-order valence-corrected chi connectivity index (χ1v) is 14.9. The minimum atomic E-state index is -5.70. The molecular formula is C28H39F5O2Si. The van der Waals surface area contributed by atoms with Gasteiger partial charge in [-0.15, -0.1) is 0 Å². The van der Waals surface area contributed by atoms with E-state index in [1.165, 1.54) is 44.9 Å². The van der Waals surface area contributed by atoms with Crippen LogP contribution < -0.4 is 10.4 Å². The lowest BCUT2D eigenvalue weighted by molar-refractivity contribution is -0.291. The number of rotatable bonds is 18. The highest BCUT2D eigenvalue weighted by atomic mass is 28.4. The van der Waals surface area contributed by atoms with Gasteiger partial charge in [0.05, 0.1) is 0 Å². The van der Waals surface area contributed by atoms with Crippen molar-refractivity contribution in [1.82, 2.24) is 0 Å². The standard InChI is InChI=1S/C28H39F5O2Si/c1-2-3-4-5-6-7-8-9-10-11-18-23-34-36(25-19-14-12-15-20-25,26-21-16-13-17-22-26)35-24-27(29,30)28(31,32)33/h12-17,19-22H,2-11,18,23-24H2,1H3. The number of halogens is 5. The minimum Gasteiger partial charge on any atom is -0.388 e. The van der Waals surface area contributed by atoms with Gasteiger partial charge < -0.3 is 8.85 Å². The van der Waals surface area contributed by atoms with Crippen molar-refractivity contribution in [3.05, 3.63) is 60.7 Å². The van der Waals surface area contributed by atoms with E-state index in [1.54, 1.807) is 60.7 Å². The lowest BCUT2D eigenvalue weighted by Gasteiger charge is -2.33. The molecule has 0 aliphatic heterocycles. The van der Waals surface area contributed by atoms with Crippen LogP contribution in [0.5, 0.6) is 0 Å². The molecule has 0 saturated carbocycles. The topological polar surface area (TPSA) is 18.5 Å². The molecule has 0 bridgehead atoms. The summed E-state index contributed by atoms with van der Waals surface area (Å²) >= 11 is 0. The predicted molar refractivity (Wildman–Crippen MR) is 137 cm³/mol. The Bertz CT molecular complexity index is 791. The highest BCUT2D eigenvalue weighted by Crippen LogP contribution is 2.36. The molecular weight excluding hydrogens is 491 g/mol. The monoisotopic (exact) mass is 530 g/mol. The zero-order chi connectivity index (χ0) is 26.3. The maximum atomic E-state index is 13.9. The molecule has 2 rings (SSSR count). The second-order valence-corrected chi connectivity index (χ2v) is 12.2. The van der Waals surface area contributed by atoms with Crippen molar-refractivity contribution in [2.24, 2.45) is 0 Å². The van der Waals surface area contributed by atoms with Crippen molar-refractivity contribution in [1.29, 1.82) is 0 Å². The van der Waals surface area contributed by atoms with E-state index in [4.69, 9.17) is 8.85 Å². The molecule has 0 saturated heterocycles. The van der Waals surface area contributed by atoms with Gasteiger partial charge in [-0.3, -0.25) is 0 Å². The normalized spacial score (nSPS) is 12.7. The Hall–Kier alpha value is -1.77. The van der Waals surface area contributed by atoms with Crippen LogP contribution in [-0.2, 0) is 8.85 Å². The molecule has 0 aromatic heterocycles. The molecule has 202 valence electrons. The molecule has 8 heteroatoms. The zero-order valence-electron chi connectivity index (χ0n) is 21.2. The summed E-state index contributed by atoms with van der Waals surface area (Å²) in [4.78, 5) is 0. The first kappa shape index (κ1) is 30.5. The molecule has 0 fully saturated rings. The summed E-state index contributed by atoms with van der Waals surface area (Å²) in [6.07, 6.45) is 6.90. The smallest absolute Gasteiger partial charge is 0.388 e. The van der Waals surface area contributed by atoms with Crippen LogP contribution in [0.25, 0.3) is 0 Å². The fourth-order valence-electron chi connectivity index (χ4n) is 4.11. The Morgan fingerprint density at radius 1 is 0.583 bits per heavy atom. The molecule has 0 aliphatic rings. The van der Waals surface area contributed by atoms with E-state index in [0.29, 0.717) is 16.8 Å². The van der Waals surface area contributed by atoms with Gasteiger partial charge in [-0.1, -0.05) is 132 Å². The average Bonchev–Trinajstić information content (AvgIpc) is 2.87. The summed E-state index contributed by atoms with van der Waals surface area (Å²) in [6, 6.07) is 17.0. The maximum Gasteiger partial charge on any atom is 0.455 e. The first-order chi connectivity index (χ1) is 17.2. The fraction of sp³-hybridized carbons (Fsp3) is 0.571. The van der Waals surface area contributed by atoms with Crippen molar-refractivity contribution >= 4 is 18.9 Å². The zero-order valence-corrected chi connectivity index (χ0v) is 22.2. The van der Waals surface area contributed by atoms with Crippen LogP contribution in [0.15, 0.2) is 60.7 Å². The van der Waals surface area contributed by atoms with E-state index >= 15 is 0 Å². The minimum absolute atomic E-state index is 0.227. The van der Waals surface area contributed by atoms with Crippen LogP contribution in [0.1, 0.15) is 77.6 Å². The summed E-state index contributed by atoms with van der Waals surface area (Å²) in [5.41, 5.74) is 0. The Balaban J connectivity index is 2.01. The van der Waals surface area contributed by atoms with E-state index in [2.05, 4.69) is 6.92 Å². The molecule has 2 aromatic carbocycles. The highest BCUT2D eigenvalue weighted by molar-refractivity contribution is 6.92. The quantitative estimate of drug-likeness (QED) is 0.111. The number of benzene rings is 2. The van der Waals surface area contributed by atoms with Gasteiger partial charge in [-0.05, 0) is 16.8 Å². The molecule has 0 amide bonds. The summed E-state index contributed by atoms with van der Waals surface area (Å²) in [7, 11) is -3.81. The average molecular weight is 531 g/mol. The van der Waals surface area contributed by atoms with Crippen molar-refractivity contribution in [2.45, 2.75) is 89.7 Å². The Morgan fingerprint density at radius 2 is 1.00 bits per heavy atom. The van der Waals surface area contributed by atoms with Crippen LogP contribution in [0.2, 0.25) is 0 Å². The summed E-state index contributed by atoms with van der Waals surface area (Å²) in [5.74, 6) is -4.98. The van der Waals surface area contributed by atoms with Gasteiger partial charge in [0.1, 0.15) is 6.61 Å². The third-order valence-electron chi connectivity index (χ3n) is 6.23. The summed E-state index contributed by atoms with van der Waals surface area (Å²) < 4.78 is 78.3. The fourth-order valence-corrected chi connectivity index (χ4v) is 7.28. The molecule has 0 radical (unpaired) electrons. The number of unbranched alkanes of at least 4 members (excludes halogenated alkanes) is 10. The largest absolute Gasteiger partial charge is 0.455 e. The van der Waals surface area contributed by atoms with Crippen molar-refractivity contribution < 1.29 is 30.8 Å². The molecule has 0 unspecified atom stereocenters. The van der Waals surface area contributed by atoms with Crippen LogP contribution in [0.4, 0.5) is 22.0 Å². The van der Waals surface area contributed by atoms with Crippen LogP contribution in [0, 0.1) is 0 Å². The van der Waals surface area contributed by atoms with Gasteiger partial charge in [-0.2, -0.15) is 22.0 Å². The van der Waals surface area contributed by atoms with Crippen LogP contribution in [0.3, 0.4) is 0 Å². The number of hydrogen-bond donors (Lipinski definition) is 0. The molecule has 0 spiro atoms. The van der Waals surface area contributed by atoms with Crippen LogP contribution in [-0.4, -0.2) is 33.9 Å². The molecule has 0 atom stereocenters. The van der Waals surface area contributed by atoms with Gasteiger partial charge >= 0.3 is 20.7 Å².